The number of aryl methyl sites for hydroxylation is 1. The maximum absolute atomic E-state index is 12.6. The van der Waals surface area contributed by atoms with Gasteiger partial charge in [0.15, 0.2) is 0 Å². The molecule has 1 aromatic heterocycles. The van der Waals surface area contributed by atoms with Crippen molar-refractivity contribution in [2.24, 2.45) is 11.1 Å². The first-order chi connectivity index (χ1) is 9.22. The number of carbonyl (C=O) groups excluding carboxylic acids is 1. The number of carbonyl (C=O) groups is 1. The van der Waals surface area contributed by atoms with Crippen LogP contribution in [0.5, 0.6) is 0 Å². The topological polar surface area (TPSA) is 83.8 Å². The van der Waals surface area contributed by atoms with Gasteiger partial charge in [-0.3, -0.25) is 9.89 Å². The third-order valence-corrected chi connectivity index (χ3v) is 4.27. The van der Waals surface area contributed by atoms with Crippen molar-refractivity contribution in [3.63, 3.8) is 0 Å². The molecule has 5 heteroatoms. The van der Waals surface area contributed by atoms with Gasteiger partial charge in [-0.2, -0.15) is 5.10 Å². The fraction of sp³-hybridized carbons (Fsp3) is 0.714. The first kappa shape index (κ1) is 14.1. The summed E-state index contributed by atoms with van der Waals surface area (Å²) in [7, 11) is 0. The molecule has 0 aromatic carbocycles. The van der Waals surface area contributed by atoms with Crippen LogP contribution in [-0.2, 0) is 11.2 Å². The van der Waals surface area contributed by atoms with Crippen LogP contribution < -0.4 is 11.1 Å². The van der Waals surface area contributed by atoms with Gasteiger partial charge in [0.05, 0.1) is 11.6 Å². The molecule has 1 amide bonds. The second-order valence-electron chi connectivity index (χ2n) is 5.48. The number of amides is 1. The Hall–Kier alpha value is -1.36. The van der Waals surface area contributed by atoms with Gasteiger partial charge >= 0.3 is 0 Å². The third kappa shape index (κ3) is 2.97. The summed E-state index contributed by atoms with van der Waals surface area (Å²) >= 11 is 0. The first-order valence-corrected chi connectivity index (χ1v) is 7.25. The maximum Gasteiger partial charge on any atom is 0.233 e. The molecular weight excluding hydrogens is 240 g/mol. The first-order valence-electron chi connectivity index (χ1n) is 7.25. The molecule has 0 atom stereocenters. The fourth-order valence-electron chi connectivity index (χ4n) is 2.86. The highest BCUT2D eigenvalue weighted by atomic mass is 16.2. The number of nitrogens with two attached hydrogens (primary N) is 1. The van der Waals surface area contributed by atoms with Gasteiger partial charge in [-0.25, -0.2) is 0 Å². The molecule has 0 saturated heterocycles. The molecule has 2 rings (SSSR count). The minimum atomic E-state index is -0.396. The van der Waals surface area contributed by atoms with Crippen LogP contribution in [0, 0.1) is 5.41 Å². The molecule has 106 valence electrons. The summed E-state index contributed by atoms with van der Waals surface area (Å²) in [6, 6.07) is 0. The Morgan fingerprint density at radius 1 is 1.42 bits per heavy atom. The average molecular weight is 264 g/mol. The maximum atomic E-state index is 12.6. The molecule has 1 aliphatic carbocycles. The van der Waals surface area contributed by atoms with Crippen molar-refractivity contribution in [2.45, 2.75) is 51.9 Å². The van der Waals surface area contributed by atoms with E-state index in [0.717, 1.165) is 43.5 Å². The molecule has 1 saturated carbocycles. The van der Waals surface area contributed by atoms with E-state index in [9.17, 15) is 4.79 Å². The Balaban J connectivity index is 2.12. The zero-order chi connectivity index (χ0) is 13.7. The van der Waals surface area contributed by atoms with E-state index in [1.54, 1.807) is 6.20 Å². The number of anilines is 1. The van der Waals surface area contributed by atoms with E-state index in [1.807, 2.05) is 6.92 Å². The highest BCUT2D eigenvalue weighted by Crippen LogP contribution is 2.35. The van der Waals surface area contributed by atoms with E-state index in [4.69, 9.17) is 5.73 Å². The lowest BCUT2D eigenvalue weighted by Crippen LogP contribution is -2.42. The number of nitrogens with zero attached hydrogens (tertiary/aromatic N) is 1. The highest BCUT2D eigenvalue weighted by molar-refractivity contribution is 5.95. The van der Waals surface area contributed by atoms with Crippen LogP contribution in [0.25, 0.3) is 0 Å². The smallest absolute Gasteiger partial charge is 0.233 e. The Labute approximate surface area is 114 Å². The lowest BCUT2D eigenvalue weighted by molar-refractivity contribution is -0.125. The monoisotopic (exact) mass is 264 g/mol. The number of aromatic amines is 1. The molecule has 0 bridgehead atoms. The SMILES string of the molecule is CCc1cn[nH]c1NC(=O)C1(CN)CCCCCC1. The molecule has 1 heterocycles. The van der Waals surface area contributed by atoms with Gasteiger partial charge in [0.2, 0.25) is 5.91 Å². The summed E-state index contributed by atoms with van der Waals surface area (Å²) in [6.45, 7) is 2.47. The van der Waals surface area contributed by atoms with Crippen molar-refractivity contribution in [3.05, 3.63) is 11.8 Å². The largest absolute Gasteiger partial charge is 0.329 e. The van der Waals surface area contributed by atoms with Crippen LogP contribution in [0.1, 0.15) is 51.0 Å². The van der Waals surface area contributed by atoms with E-state index in [1.165, 1.54) is 12.8 Å². The Kier molecular flexibility index (Phi) is 4.58. The molecular formula is C14H24N4O. The highest BCUT2D eigenvalue weighted by Gasteiger charge is 2.37. The van der Waals surface area contributed by atoms with Crippen molar-refractivity contribution in [2.75, 3.05) is 11.9 Å². The Morgan fingerprint density at radius 3 is 2.68 bits per heavy atom. The van der Waals surface area contributed by atoms with E-state index in [-0.39, 0.29) is 5.91 Å². The number of nitrogens with one attached hydrogen (secondary N) is 2. The molecule has 5 nitrogen and oxygen atoms in total. The van der Waals surface area contributed by atoms with Gasteiger partial charge in [0.25, 0.3) is 0 Å². The van der Waals surface area contributed by atoms with Crippen LogP contribution in [-0.4, -0.2) is 22.6 Å². The second-order valence-corrected chi connectivity index (χ2v) is 5.48. The predicted molar refractivity (Wildman–Crippen MR) is 75.8 cm³/mol. The lowest BCUT2D eigenvalue weighted by atomic mass is 9.79. The molecule has 0 unspecified atom stereocenters. The van der Waals surface area contributed by atoms with E-state index < -0.39 is 5.41 Å². The number of hydrogen-bond acceptors (Lipinski definition) is 3. The summed E-state index contributed by atoms with van der Waals surface area (Å²) in [4.78, 5) is 12.6. The molecule has 0 spiro atoms. The molecule has 0 radical (unpaired) electrons. The number of hydrogen-bond donors (Lipinski definition) is 3. The predicted octanol–water partition coefficient (Wildman–Crippen LogP) is 2.21. The van der Waals surface area contributed by atoms with Gasteiger partial charge in [-0.15, -0.1) is 0 Å². The summed E-state index contributed by atoms with van der Waals surface area (Å²) in [5, 5.41) is 9.84. The van der Waals surface area contributed by atoms with Crippen molar-refractivity contribution in [3.8, 4) is 0 Å². The quantitative estimate of drug-likeness (QED) is 0.729. The number of rotatable bonds is 4. The van der Waals surface area contributed by atoms with Crippen molar-refractivity contribution >= 4 is 11.7 Å². The fourth-order valence-corrected chi connectivity index (χ4v) is 2.86. The van der Waals surface area contributed by atoms with Crippen molar-refractivity contribution in [1.82, 2.24) is 10.2 Å². The standard InChI is InChI=1S/C14H24N4O/c1-2-11-9-16-18-12(11)17-13(19)14(10-15)7-5-3-4-6-8-14/h9H,2-8,10,15H2,1H3,(H2,16,17,18,19). The van der Waals surface area contributed by atoms with E-state index >= 15 is 0 Å². The van der Waals surface area contributed by atoms with Crippen molar-refractivity contribution < 1.29 is 4.79 Å². The zero-order valence-electron chi connectivity index (χ0n) is 11.7. The van der Waals surface area contributed by atoms with Gasteiger partial charge < -0.3 is 11.1 Å². The molecule has 1 fully saturated rings. The number of H-pyrrole nitrogens is 1. The van der Waals surface area contributed by atoms with E-state index in [2.05, 4.69) is 15.5 Å². The second kappa shape index (κ2) is 6.19. The van der Waals surface area contributed by atoms with Gasteiger partial charge in [-0.1, -0.05) is 32.6 Å². The van der Waals surface area contributed by atoms with Crippen LogP contribution in [0.3, 0.4) is 0 Å². The summed E-state index contributed by atoms with van der Waals surface area (Å²) < 4.78 is 0. The summed E-state index contributed by atoms with van der Waals surface area (Å²) in [5.74, 6) is 0.778. The molecule has 1 aliphatic rings. The summed E-state index contributed by atoms with van der Waals surface area (Å²) in [6.07, 6.45) is 9.00. The van der Waals surface area contributed by atoms with Crippen LogP contribution >= 0.6 is 0 Å². The molecule has 4 N–H and O–H groups in total. The lowest BCUT2D eigenvalue weighted by Gasteiger charge is -2.29. The Morgan fingerprint density at radius 2 is 2.11 bits per heavy atom. The van der Waals surface area contributed by atoms with Crippen molar-refractivity contribution in [1.29, 1.82) is 0 Å². The number of aromatic nitrogens is 2. The van der Waals surface area contributed by atoms with Crippen LogP contribution in [0.2, 0.25) is 0 Å². The van der Waals surface area contributed by atoms with Gasteiger partial charge in [0, 0.05) is 12.1 Å². The molecule has 19 heavy (non-hydrogen) atoms. The normalized spacial score (nSPS) is 18.8. The zero-order valence-corrected chi connectivity index (χ0v) is 11.7. The van der Waals surface area contributed by atoms with Gasteiger partial charge in [0.1, 0.15) is 5.82 Å². The minimum absolute atomic E-state index is 0.0517. The average Bonchev–Trinajstić information content (AvgIpc) is 2.73. The Bertz CT molecular complexity index is 419. The van der Waals surface area contributed by atoms with E-state index in [0.29, 0.717) is 6.54 Å². The van der Waals surface area contributed by atoms with Crippen LogP contribution in [0.15, 0.2) is 6.20 Å². The van der Waals surface area contributed by atoms with Gasteiger partial charge in [-0.05, 0) is 19.3 Å². The molecule has 0 aliphatic heterocycles. The summed E-state index contributed by atoms with van der Waals surface area (Å²) in [5.41, 5.74) is 6.56. The minimum Gasteiger partial charge on any atom is -0.329 e. The molecule has 1 aromatic rings. The van der Waals surface area contributed by atoms with Crippen LogP contribution in [0.4, 0.5) is 5.82 Å². The third-order valence-electron chi connectivity index (χ3n) is 4.27.